The highest BCUT2D eigenvalue weighted by Crippen LogP contribution is 2.28. The molecule has 1 aromatic heterocycles. The minimum atomic E-state index is -2.86. The van der Waals surface area contributed by atoms with Gasteiger partial charge in [-0.2, -0.15) is 13.5 Å². The van der Waals surface area contributed by atoms with Crippen LogP contribution >= 0.6 is 38.3 Å². The van der Waals surface area contributed by atoms with Crippen molar-refractivity contribution in [3.63, 3.8) is 0 Å². The van der Waals surface area contributed by atoms with E-state index in [4.69, 9.17) is 5.73 Å². The predicted octanol–water partition coefficient (Wildman–Crippen LogP) is 1.27. The van der Waals surface area contributed by atoms with E-state index in [-0.39, 0.29) is 51.3 Å². The standard InChI is InChI=1S/C12H15F2N3O2.2ClH.H2S/c13-12(14)3-6-17(7-12)11(19)9(15)10(18)8-1-4-16-5-2-8;;;/h1-2,4-5,9-10,18H,3,6-7,15H2;2*1H;1H2/t9-,10+;;;/m1.../s1. The van der Waals surface area contributed by atoms with E-state index in [0.717, 1.165) is 4.90 Å². The van der Waals surface area contributed by atoms with E-state index in [1.54, 1.807) is 0 Å². The second kappa shape index (κ2) is 9.46. The van der Waals surface area contributed by atoms with Gasteiger partial charge in [0.05, 0.1) is 6.54 Å². The number of likely N-dealkylation sites (tertiary alicyclic amines) is 1. The minimum absolute atomic E-state index is 0. The van der Waals surface area contributed by atoms with Gasteiger partial charge in [0.25, 0.3) is 5.92 Å². The second-order valence-corrected chi connectivity index (χ2v) is 4.62. The maximum absolute atomic E-state index is 13.0. The van der Waals surface area contributed by atoms with E-state index in [0.29, 0.717) is 5.56 Å². The van der Waals surface area contributed by atoms with Crippen LogP contribution in [0.15, 0.2) is 24.5 Å². The highest BCUT2D eigenvalue weighted by atomic mass is 35.5. The molecular formula is C12H19Cl2F2N3O2S. The number of carbonyl (C=O) groups excluding carboxylic acids is 1. The van der Waals surface area contributed by atoms with Crippen molar-refractivity contribution in [2.45, 2.75) is 24.5 Å². The molecule has 1 aliphatic heterocycles. The Kier molecular flexibility index (Phi) is 10.2. The number of nitrogens with zero attached hydrogens (tertiary/aromatic N) is 2. The fourth-order valence-electron chi connectivity index (χ4n) is 2.04. The van der Waals surface area contributed by atoms with Gasteiger partial charge in [-0.25, -0.2) is 8.78 Å². The molecule has 5 nitrogen and oxygen atoms in total. The van der Waals surface area contributed by atoms with Crippen LogP contribution in [-0.2, 0) is 4.79 Å². The molecule has 10 heteroatoms. The fourth-order valence-corrected chi connectivity index (χ4v) is 2.04. The van der Waals surface area contributed by atoms with E-state index in [1.807, 2.05) is 0 Å². The van der Waals surface area contributed by atoms with Crippen LogP contribution in [0.3, 0.4) is 0 Å². The van der Waals surface area contributed by atoms with Crippen molar-refractivity contribution in [2.24, 2.45) is 5.73 Å². The number of alkyl halides is 2. The molecule has 1 fully saturated rings. The molecule has 3 N–H and O–H groups in total. The Labute approximate surface area is 146 Å². The Morgan fingerprint density at radius 1 is 1.36 bits per heavy atom. The number of rotatable bonds is 3. The van der Waals surface area contributed by atoms with Crippen molar-refractivity contribution in [1.82, 2.24) is 9.88 Å². The highest BCUT2D eigenvalue weighted by Gasteiger charge is 2.42. The number of hydrogen-bond acceptors (Lipinski definition) is 4. The third kappa shape index (κ3) is 5.51. The van der Waals surface area contributed by atoms with E-state index in [1.165, 1.54) is 24.5 Å². The first-order valence-electron chi connectivity index (χ1n) is 5.91. The van der Waals surface area contributed by atoms with Crippen LogP contribution in [0.25, 0.3) is 0 Å². The number of amides is 1. The summed E-state index contributed by atoms with van der Waals surface area (Å²) < 4.78 is 26.1. The summed E-state index contributed by atoms with van der Waals surface area (Å²) in [4.78, 5) is 16.7. The van der Waals surface area contributed by atoms with Gasteiger partial charge in [0.1, 0.15) is 12.1 Å². The SMILES string of the molecule is Cl.Cl.N[C@@H](C(=O)N1CCC(F)(F)C1)[C@@H](O)c1ccncc1.S. The summed E-state index contributed by atoms with van der Waals surface area (Å²) in [6.07, 6.45) is 1.32. The summed E-state index contributed by atoms with van der Waals surface area (Å²) in [6, 6.07) is 1.79. The zero-order valence-electron chi connectivity index (χ0n) is 11.5. The summed E-state index contributed by atoms with van der Waals surface area (Å²) in [5, 5.41) is 9.96. The summed E-state index contributed by atoms with van der Waals surface area (Å²) in [6.45, 7) is -0.675. The molecule has 0 aromatic carbocycles. The average molecular weight is 378 g/mol. The van der Waals surface area contributed by atoms with Crippen LogP contribution in [0.4, 0.5) is 8.78 Å². The Morgan fingerprint density at radius 3 is 2.36 bits per heavy atom. The van der Waals surface area contributed by atoms with Gasteiger partial charge in [-0.15, -0.1) is 24.8 Å². The van der Waals surface area contributed by atoms with Gasteiger partial charge >= 0.3 is 0 Å². The number of pyridine rings is 1. The maximum Gasteiger partial charge on any atom is 0.267 e. The van der Waals surface area contributed by atoms with Gasteiger partial charge in [0.15, 0.2) is 0 Å². The molecule has 1 aromatic rings. The van der Waals surface area contributed by atoms with Crippen LogP contribution in [0.5, 0.6) is 0 Å². The van der Waals surface area contributed by atoms with Gasteiger partial charge in [-0.05, 0) is 17.7 Å². The van der Waals surface area contributed by atoms with Gasteiger partial charge in [0.2, 0.25) is 5.91 Å². The van der Waals surface area contributed by atoms with Crippen molar-refractivity contribution in [3.8, 4) is 0 Å². The van der Waals surface area contributed by atoms with E-state index >= 15 is 0 Å². The molecule has 2 heterocycles. The molecule has 0 unspecified atom stereocenters. The molecule has 0 spiro atoms. The Hall–Kier alpha value is -0.670. The third-order valence-corrected chi connectivity index (χ3v) is 3.15. The normalized spacial score (nSPS) is 18.3. The number of aromatic nitrogens is 1. The van der Waals surface area contributed by atoms with Gasteiger partial charge in [-0.1, -0.05) is 0 Å². The molecule has 2 rings (SSSR count). The van der Waals surface area contributed by atoms with Crippen LogP contribution in [0, 0.1) is 0 Å². The molecule has 0 saturated carbocycles. The van der Waals surface area contributed by atoms with Crippen LogP contribution < -0.4 is 5.73 Å². The monoisotopic (exact) mass is 377 g/mol. The molecular weight excluding hydrogens is 359 g/mol. The number of hydrogen-bond donors (Lipinski definition) is 2. The van der Waals surface area contributed by atoms with E-state index in [2.05, 4.69) is 4.98 Å². The zero-order chi connectivity index (χ0) is 14.0. The fraction of sp³-hybridized carbons (Fsp3) is 0.500. The lowest BCUT2D eigenvalue weighted by Gasteiger charge is -2.24. The lowest BCUT2D eigenvalue weighted by atomic mass is 10.0. The number of aliphatic hydroxyl groups excluding tert-OH is 1. The van der Waals surface area contributed by atoms with E-state index < -0.39 is 30.5 Å². The zero-order valence-corrected chi connectivity index (χ0v) is 14.1. The first-order chi connectivity index (χ1) is 8.91. The van der Waals surface area contributed by atoms with Crippen LogP contribution in [0.1, 0.15) is 18.1 Å². The topological polar surface area (TPSA) is 79.5 Å². The van der Waals surface area contributed by atoms with Gasteiger partial charge < -0.3 is 15.7 Å². The maximum atomic E-state index is 13.0. The van der Waals surface area contributed by atoms with E-state index in [9.17, 15) is 18.7 Å². The van der Waals surface area contributed by atoms with Crippen LogP contribution in [-0.4, -0.2) is 46.0 Å². The number of nitrogens with two attached hydrogens (primary N) is 1. The summed E-state index contributed by atoms with van der Waals surface area (Å²) in [7, 11) is 0. The quantitative estimate of drug-likeness (QED) is 0.830. The van der Waals surface area contributed by atoms with Crippen molar-refractivity contribution in [3.05, 3.63) is 30.1 Å². The number of aliphatic hydroxyl groups is 1. The molecule has 128 valence electrons. The molecule has 0 aliphatic carbocycles. The molecule has 0 bridgehead atoms. The first kappa shape index (κ1) is 23.6. The van der Waals surface area contributed by atoms with Crippen molar-refractivity contribution in [2.75, 3.05) is 13.1 Å². The third-order valence-electron chi connectivity index (χ3n) is 3.15. The molecule has 1 saturated heterocycles. The lowest BCUT2D eigenvalue weighted by molar-refractivity contribution is -0.135. The Balaban J connectivity index is 0. The number of carbonyl (C=O) groups is 1. The average Bonchev–Trinajstić information content (AvgIpc) is 2.77. The number of halogens is 4. The minimum Gasteiger partial charge on any atom is -0.386 e. The second-order valence-electron chi connectivity index (χ2n) is 4.62. The predicted molar refractivity (Wildman–Crippen MR) is 88.2 cm³/mol. The summed E-state index contributed by atoms with van der Waals surface area (Å²) >= 11 is 0. The van der Waals surface area contributed by atoms with Crippen molar-refractivity contribution >= 4 is 44.2 Å². The molecule has 2 atom stereocenters. The largest absolute Gasteiger partial charge is 0.386 e. The molecule has 22 heavy (non-hydrogen) atoms. The van der Waals surface area contributed by atoms with Crippen molar-refractivity contribution < 1.29 is 18.7 Å². The molecule has 1 amide bonds. The molecule has 0 radical (unpaired) electrons. The summed E-state index contributed by atoms with van der Waals surface area (Å²) in [5.74, 6) is -3.53. The van der Waals surface area contributed by atoms with Gasteiger partial charge in [-0.3, -0.25) is 9.78 Å². The van der Waals surface area contributed by atoms with Crippen LogP contribution in [0.2, 0.25) is 0 Å². The lowest BCUT2D eigenvalue weighted by Crippen LogP contribution is -2.46. The molecule has 1 aliphatic rings. The van der Waals surface area contributed by atoms with Gasteiger partial charge in [0, 0.05) is 25.4 Å². The smallest absolute Gasteiger partial charge is 0.267 e. The first-order valence-corrected chi connectivity index (χ1v) is 5.91. The Bertz CT molecular complexity index is 471. The highest BCUT2D eigenvalue weighted by molar-refractivity contribution is 7.59. The summed E-state index contributed by atoms with van der Waals surface area (Å²) in [5.41, 5.74) is 6.09. The Morgan fingerprint density at radius 2 is 1.91 bits per heavy atom. The van der Waals surface area contributed by atoms with Crippen molar-refractivity contribution in [1.29, 1.82) is 0 Å².